The van der Waals surface area contributed by atoms with Crippen molar-refractivity contribution in [3.8, 4) is 0 Å². The van der Waals surface area contributed by atoms with Gasteiger partial charge in [0.15, 0.2) is 0 Å². The van der Waals surface area contributed by atoms with Crippen molar-refractivity contribution in [1.29, 1.82) is 0 Å². The molecule has 1 aliphatic rings. The van der Waals surface area contributed by atoms with E-state index in [4.69, 9.17) is 9.88 Å². The number of ether oxygens (including phenoxy) is 1. The normalized spacial score (nSPS) is 21.0. The molecule has 1 aliphatic heterocycles. The molecule has 8 heteroatoms. The minimum Gasteiger partial charge on any atom is -0.372 e. The Morgan fingerprint density at radius 1 is 1.56 bits per heavy atom. The summed E-state index contributed by atoms with van der Waals surface area (Å²) in [6.07, 6.45) is 1.76. The van der Waals surface area contributed by atoms with Crippen LogP contribution in [0.3, 0.4) is 0 Å². The zero-order chi connectivity index (χ0) is 13.6. The van der Waals surface area contributed by atoms with Crippen LogP contribution in [-0.4, -0.2) is 52.1 Å². The van der Waals surface area contributed by atoms with Crippen LogP contribution in [0.2, 0.25) is 0 Å². The third-order valence-corrected chi connectivity index (χ3v) is 3.44. The molecule has 1 fully saturated rings. The van der Waals surface area contributed by atoms with Crippen LogP contribution in [0.15, 0.2) is 0 Å². The summed E-state index contributed by atoms with van der Waals surface area (Å²) < 4.78 is 28.9. The Kier molecular flexibility index (Phi) is 6.00. The van der Waals surface area contributed by atoms with Crippen LogP contribution >= 0.6 is 0 Å². The van der Waals surface area contributed by atoms with E-state index in [9.17, 15) is 13.2 Å². The van der Waals surface area contributed by atoms with E-state index in [1.54, 1.807) is 4.90 Å². The third-order valence-electron chi connectivity index (χ3n) is 2.87. The van der Waals surface area contributed by atoms with Crippen molar-refractivity contribution < 1.29 is 17.9 Å². The Morgan fingerprint density at radius 2 is 2.28 bits per heavy atom. The van der Waals surface area contributed by atoms with Crippen molar-refractivity contribution in [2.45, 2.75) is 19.8 Å². The molecule has 18 heavy (non-hydrogen) atoms. The average molecular weight is 279 g/mol. The largest absolute Gasteiger partial charge is 0.372 e. The van der Waals surface area contributed by atoms with Crippen molar-refractivity contribution >= 4 is 16.1 Å². The molecule has 0 radical (unpaired) electrons. The lowest BCUT2D eigenvalue weighted by Crippen LogP contribution is -2.45. The van der Waals surface area contributed by atoms with Crippen molar-refractivity contribution in [2.75, 3.05) is 32.8 Å². The average Bonchev–Trinajstić information content (AvgIpc) is 2.33. The topological polar surface area (TPSA) is 102 Å². The first-order valence-corrected chi connectivity index (χ1v) is 7.60. The van der Waals surface area contributed by atoms with E-state index in [1.165, 1.54) is 0 Å². The second-order valence-electron chi connectivity index (χ2n) is 4.38. The molecule has 7 nitrogen and oxygen atoms in total. The molecule has 1 amide bonds. The van der Waals surface area contributed by atoms with Crippen molar-refractivity contribution in [3.05, 3.63) is 0 Å². The van der Waals surface area contributed by atoms with Crippen LogP contribution in [0.25, 0.3) is 0 Å². The smallest absolute Gasteiger partial charge is 0.274 e. The van der Waals surface area contributed by atoms with Gasteiger partial charge in [-0.3, -0.25) is 4.79 Å². The molecule has 1 rings (SSSR count). The first-order chi connectivity index (χ1) is 8.42. The number of hydrogen-bond acceptors (Lipinski definition) is 4. The van der Waals surface area contributed by atoms with Gasteiger partial charge in [0.2, 0.25) is 5.91 Å². The highest BCUT2D eigenvalue weighted by Crippen LogP contribution is 2.16. The second-order valence-corrected chi connectivity index (χ2v) is 5.76. The van der Waals surface area contributed by atoms with E-state index in [0.717, 1.165) is 12.8 Å². The lowest BCUT2D eigenvalue weighted by atomic mass is 9.98. The number of amides is 1. The fourth-order valence-corrected chi connectivity index (χ4v) is 2.44. The van der Waals surface area contributed by atoms with Gasteiger partial charge in [0.05, 0.1) is 0 Å². The Bertz CT molecular complexity index is 371. The summed E-state index contributed by atoms with van der Waals surface area (Å²) in [5.74, 6) is 0.0693. The molecule has 0 spiro atoms. The van der Waals surface area contributed by atoms with Gasteiger partial charge in [-0.25, -0.2) is 9.86 Å². The molecule has 0 aromatic heterocycles. The number of carbonyl (C=O) groups is 1. The maximum absolute atomic E-state index is 11.7. The summed E-state index contributed by atoms with van der Waals surface area (Å²) in [6, 6.07) is 0. The highest BCUT2D eigenvalue weighted by molar-refractivity contribution is 7.87. The molecule has 1 heterocycles. The van der Waals surface area contributed by atoms with Crippen LogP contribution in [0.1, 0.15) is 19.8 Å². The molecular weight excluding hydrogens is 258 g/mol. The highest BCUT2D eigenvalue weighted by atomic mass is 32.2. The SMILES string of the molecule is CCOCC(=O)N1CCCC(CNS(N)(=O)=O)C1. The third kappa shape index (κ3) is 5.76. The van der Waals surface area contributed by atoms with Crippen molar-refractivity contribution in [2.24, 2.45) is 11.1 Å². The van der Waals surface area contributed by atoms with Gasteiger partial charge in [-0.15, -0.1) is 0 Å². The van der Waals surface area contributed by atoms with Crippen LogP contribution in [0.4, 0.5) is 0 Å². The highest BCUT2D eigenvalue weighted by Gasteiger charge is 2.24. The quantitative estimate of drug-likeness (QED) is 0.654. The van der Waals surface area contributed by atoms with Gasteiger partial charge in [0.25, 0.3) is 10.2 Å². The number of likely N-dealkylation sites (tertiary alicyclic amines) is 1. The van der Waals surface area contributed by atoms with Gasteiger partial charge < -0.3 is 9.64 Å². The molecule has 1 unspecified atom stereocenters. The van der Waals surface area contributed by atoms with E-state index in [2.05, 4.69) is 4.72 Å². The predicted molar refractivity (Wildman–Crippen MR) is 66.9 cm³/mol. The molecule has 0 aromatic rings. The van der Waals surface area contributed by atoms with Crippen molar-refractivity contribution in [1.82, 2.24) is 9.62 Å². The summed E-state index contributed by atoms with van der Waals surface area (Å²) in [7, 11) is -3.65. The fourth-order valence-electron chi connectivity index (χ4n) is 1.97. The van der Waals surface area contributed by atoms with Gasteiger partial charge in [0.1, 0.15) is 6.61 Å². The van der Waals surface area contributed by atoms with Crippen LogP contribution in [0, 0.1) is 5.92 Å². The van der Waals surface area contributed by atoms with Crippen LogP contribution in [-0.2, 0) is 19.7 Å². The molecule has 0 saturated carbocycles. The molecule has 1 saturated heterocycles. The summed E-state index contributed by atoms with van der Waals surface area (Å²) in [5.41, 5.74) is 0. The van der Waals surface area contributed by atoms with Crippen LogP contribution < -0.4 is 9.86 Å². The van der Waals surface area contributed by atoms with Gasteiger partial charge in [-0.2, -0.15) is 8.42 Å². The Balaban J connectivity index is 2.38. The Morgan fingerprint density at radius 3 is 2.89 bits per heavy atom. The van der Waals surface area contributed by atoms with Crippen molar-refractivity contribution in [3.63, 3.8) is 0 Å². The monoisotopic (exact) mass is 279 g/mol. The molecule has 0 aliphatic carbocycles. The molecule has 3 N–H and O–H groups in total. The summed E-state index contributed by atoms with van der Waals surface area (Å²) >= 11 is 0. The molecular formula is C10H21N3O4S. The van der Waals surface area contributed by atoms with Gasteiger partial charge in [0, 0.05) is 26.2 Å². The minimum atomic E-state index is -3.65. The van der Waals surface area contributed by atoms with E-state index >= 15 is 0 Å². The van der Waals surface area contributed by atoms with Gasteiger partial charge in [-0.1, -0.05) is 0 Å². The number of nitrogens with zero attached hydrogens (tertiary/aromatic N) is 1. The number of rotatable bonds is 6. The standard InChI is InChI=1S/C10H21N3O4S/c1-2-17-8-10(14)13-5-3-4-9(7-13)6-12-18(11,15)16/h9,12H,2-8H2,1H3,(H2,11,15,16). The Hall–Kier alpha value is -0.700. The second kappa shape index (κ2) is 7.03. The van der Waals surface area contributed by atoms with Crippen LogP contribution in [0.5, 0.6) is 0 Å². The fraction of sp³-hybridized carbons (Fsp3) is 0.900. The summed E-state index contributed by atoms with van der Waals surface area (Å²) in [4.78, 5) is 13.5. The molecule has 0 aromatic carbocycles. The van der Waals surface area contributed by atoms with E-state index in [0.29, 0.717) is 19.7 Å². The number of piperidine rings is 1. The van der Waals surface area contributed by atoms with E-state index < -0.39 is 10.2 Å². The summed E-state index contributed by atoms with van der Waals surface area (Å²) in [5, 5.41) is 4.87. The number of nitrogens with two attached hydrogens (primary N) is 1. The molecule has 1 atom stereocenters. The first kappa shape index (κ1) is 15.4. The van der Waals surface area contributed by atoms with Gasteiger partial charge in [-0.05, 0) is 25.7 Å². The maximum atomic E-state index is 11.7. The lowest BCUT2D eigenvalue weighted by Gasteiger charge is -2.32. The Labute approximate surface area is 108 Å². The van der Waals surface area contributed by atoms with E-state index in [1.807, 2.05) is 6.92 Å². The maximum Gasteiger partial charge on any atom is 0.274 e. The zero-order valence-electron chi connectivity index (χ0n) is 10.6. The number of carbonyl (C=O) groups excluding carboxylic acids is 1. The molecule has 106 valence electrons. The first-order valence-electron chi connectivity index (χ1n) is 6.05. The lowest BCUT2D eigenvalue weighted by molar-refractivity contribution is -0.137. The number of hydrogen-bond donors (Lipinski definition) is 2. The molecule has 0 bridgehead atoms. The van der Waals surface area contributed by atoms with E-state index in [-0.39, 0.29) is 25.0 Å². The summed E-state index contributed by atoms with van der Waals surface area (Å²) in [6.45, 7) is 3.97. The minimum absolute atomic E-state index is 0.0443. The van der Waals surface area contributed by atoms with Gasteiger partial charge >= 0.3 is 0 Å². The zero-order valence-corrected chi connectivity index (χ0v) is 11.4. The predicted octanol–water partition coefficient (Wildman–Crippen LogP) is -0.945. The number of nitrogens with one attached hydrogen (secondary N) is 1.